The monoisotopic (exact) mass is 815 g/mol. The molecule has 7 aliphatic rings. The second-order valence-corrected chi connectivity index (χ2v) is 21.1. The molecule has 58 heavy (non-hydrogen) atoms. The maximum absolute atomic E-state index is 12.7. The zero-order valence-electron chi connectivity index (χ0n) is 37.8. The summed E-state index contributed by atoms with van der Waals surface area (Å²) in [7, 11) is 0. The van der Waals surface area contributed by atoms with Crippen molar-refractivity contribution < 1.29 is 38.3 Å². The number of carboxylic acid groups (broad SMARTS) is 1. The van der Waals surface area contributed by atoms with Crippen LogP contribution >= 0.6 is 0 Å². The summed E-state index contributed by atoms with van der Waals surface area (Å²) < 4.78 is 37.6. The van der Waals surface area contributed by atoms with Gasteiger partial charge in [0.25, 0.3) is 0 Å². The Balaban J connectivity index is 1.02. The van der Waals surface area contributed by atoms with Gasteiger partial charge in [-0.05, 0) is 103 Å². The van der Waals surface area contributed by atoms with Crippen molar-refractivity contribution in [1.29, 1.82) is 0 Å². The van der Waals surface area contributed by atoms with Gasteiger partial charge in [-0.3, -0.25) is 0 Å². The fourth-order valence-corrected chi connectivity index (χ4v) is 12.5. The van der Waals surface area contributed by atoms with Crippen LogP contribution in [0.3, 0.4) is 0 Å². The van der Waals surface area contributed by atoms with E-state index in [4.69, 9.17) is 28.4 Å². The minimum absolute atomic E-state index is 0.271. The molecule has 7 rings (SSSR count). The van der Waals surface area contributed by atoms with Gasteiger partial charge in [0.15, 0.2) is 0 Å². The Bertz CT molecular complexity index is 1230. The van der Waals surface area contributed by atoms with Crippen molar-refractivity contribution >= 4 is 5.97 Å². The fraction of sp³-hybridized carbons (Fsp3) is 0.940. The summed E-state index contributed by atoms with van der Waals surface area (Å²) >= 11 is 0. The molecule has 0 aromatic carbocycles. The molecule has 3 heterocycles. The zero-order valence-corrected chi connectivity index (χ0v) is 37.8. The number of ether oxygens (including phenoxy) is 6. The molecule has 0 aromatic heterocycles. The van der Waals surface area contributed by atoms with Crippen molar-refractivity contribution in [3.8, 4) is 0 Å². The van der Waals surface area contributed by atoms with Crippen LogP contribution in [0.2, 0.25) is 0 Å². The molecular weight excluding hydrogens is 729 g/mol. The number of hydrogen-bond acceptors (Lipinski definition) is 7. The van der Waals surface area contributed by atoms with E-state index in [0.717, 1.165) is 123 Å². The number of hydrogen-bond donors (Lipinski definition) is 1. The molecule has 8 heteroatoms. The molecule has 7 fully saturated rings. The molecule has 4 saturated carbocycles. The van der Waals surface area contributed by atoms with Crippen LogP contribution in [-0.2, 0) is 33.2 Å². The van der Waals surface area contributed by atoms with Crippen LogP contribution in [0.25, 0.3) is 0 Å². The Morgan fingerprint density at radius 1 is 0.534 bits per heavy atom. The van der Waals surface area contributed by atoms with Crippen LogP contribution in [0.15, 0.2) is 11.3 Å². The molecule has 8 nitrogen and oxygen atoms in total. The first-order valence-corrected chi connectivity index (χ1v) is 24.7. The number of rotatable bonds is 32. The van der Waals surface area contributed by atoms with Gasteiger partial charge in [0.05, 0.1) is 63.0 Å². The van der Waals surface area contributed by atoms with Crippen molar-refractivity contribution in [1.82, 2.24) is 0 Å². The van der Waals surface area contributed by atoms with E-state index in [1.165, 1.54) is 109 Å². The summed E-state index contributed by atoms with van der Waals surface area (Å²) in [4.78, 5) is 12.7. The first-order valence-electron chi connectivity index (χ1n) is 24.7. The first kappa shape index (κ1) is 46.3. The molecule has 4 aliphatic carbocycles. The Morgan fingerprint density at radius 3 is 1.28 bits per heavy atom. The Labute approximate surface area is 354 Å². The fourth-order valence-electron chi connectivity index (χ4n) is 12.5. The van der Waals surface area contributed by atoms with Crippen LogP contribution in [-0.4, -0.2) is 81.7 Å². The van der Waals surface area contributed by atoms with Crippen molar-refractivity contribution in [2.24, 2.45) is 27.6 Å². The van der Waals surface area contributed by atoms with Gasteiger partial charge in [-0.2, -0.15) is 0 Å². The third-order valence-corrected chi connectivity index (χ3v) is 16.4. The average Bonchev–Trinajstić information content (AvgIpc) is 3.15. The lowest BCUT2D eigenvalue weighted by molar-refractivity contribution is -0.261. The number of unbranched alkanes of at least 4 members (excludes halogenated alkanes) is 12. The van der Waals surface area contributed by atoms with Crippen molar-refractivity contribution in [3.63, 3.8) is 0 Å². The molecule has 1 N–H and O–H groups in total. The highest BCUT2D eigenvalue weighted by molar-refractivity contribution is 5.86. The van der Waals surface area contributed by atoms with Crippen LogP contribution in [0.1, 0.15) is 201 Å². The smallest absolute Gasteiger partial charge is 0.334 e. The third-order valence-electron chi connectivity index (χ3n) is 16.4. The largest absolute Gasteiger partial charge is 0.497 e. The lowest BCUT2D eigenvalue weighted by Crippen LogP contribution is -2.65. The van der Waals surface area contributed by atoms with Gasteiger partial charge in [-0.25, -0.2) is 4.79 Å². The Kier molecular flexibility index (Phi) is 17.0. The molecular formula is C50H86O8. The number of aliphatic carboxylic acids is 1. The second kappa shape index (κ2) is 21.3. The summed E-state index contributed by atoms with van der Waals surface area (Å²) in [6.07, 6.45) is 31.4. The SMILES string of the molecule is CCC1(CCCCCCCOC(=C(C)C(=O)O)C23CC4CC(OCCCCCCCC5(CC)COC5)(CC(OCCCCCCCC5(CC)COC5)(C4)C2)C3)COC1. The van der Waals surface area contributed by atoms with Crippen LogP contribution < -0.4 is 0 Å². The van der Waals surface area contributed by atoms with Gasteiger partial charge >= 0.3 is 5.97 Å². The zero-order chi connectivity index (χ0) is 41.0. The quantitative estimate of drug-likeness (QED) is 0.0408. The van der Waals surface area contributed by atoms with Crippen LogP contribution in [0.4, 0.5) is 0 Å². The van der Waals surface area contributed by atoms with E-state index in [1.54, 1.807) is 6.92 Å². The van der Waals surface area contributed by atoms with Crippen LogP contribution in [0.5, 0.6) is 0 Å². The number of carbonyl (C=O) groups is 1. The van der Waals surface area contributed by atoms with Crippen molar-refractivity contribution in [2.75, 3.05) is 59.5 Å². The molecule has 0 radical (unpaired) electrons. The van der Waals surface area contributed by atoms with Gasteiger partial charge in [-0.1, -0.05) is 97.8 Å². The minimum atomic E-state index is -0.857. The lowest BCUT2D eigenvalue weighted by Gasteiger charge is -2.66. The normalized spacial score (nSPS) is 30.3. The molecule has 0 aromatic rings. The maximum atomic E-state index is 12.7. The standard InChI is InChI=1S/C50H86O8/c1-5-45(35-53-36-45)23-17-11-8-14-20-26-56-43(41(4)44(51)52)48-29-42-30-49(32-48,57-27-21-15-9-12-18-24-46(6-2)37-54-38-46)34-50(31-42,33-48)58-28-22-16-10-13-19-25-47(7-3)39-55-40-47/h42H,5-40H2,1-4H3,(H,51,52). The highest BCUT2D eigenvalue weighted by atomic mass is 16.5. The van der Waals surface area contributed by atoms with E-state index < -0.39 is 5.97 Å². The first-order chi connectivity index (χ1) is 28.1. The summed E-state index contributed by atoms with van der Waals surface area (Å²) in [6.45, 7) is 16.5. The topological polar surface area (TPSA) is 92.7 Å². The van der Waals surface area contributed by atoms with Crippen molar-refractivity contribution in [3.05, 3.63) is 11.3 Å². The predicted octanol–water partition coefficient (Wildman–Crippen LogP) is 12.2. The van der Waals surface area contributed by atoms with E-state index in [9.17, 15) is 9.90 Å². The maximum Gasteiger partial charge on any atom is 0.334 e. The van der Waals surface area contributed by atoms with Gasteiger partial charge in [0.1, 0.15) is 5.76 Å². The molecule has 4 bridgehead atoms. The number of allylic oxidation sites excluding steroid dienone is 1. The summed E-state index contributed by atoms with van der Waals surface area (Å²) in [6, 6.07) is 0. The molecule has 3 aliphatic heterocycles. The molecule has 334 valence electrons. The van der Waals surface area contributed by atoms with Crippen molar-refractivity contribution in [2.45, 2.75) is 212 Å². The lowest BCUT2D eigenvalue weighted by atomic mass is 9.45. The molecule has 2 unspecified atom stereocenters. The second-order valence-electron chi connectivity index (χ2n) is 21.1. The third kappa shape index (κ3) is 11.6. The van der Waals surface area contributed by atoms with Crippen LogP contribution in [0, 0.1) is 27.6 Å². The minimum Gasteiger partial charge on any atom is -0.497 e. The number of carboxylic acids is 1. The van der Waals surface area contributed by atoms with E-state index in [-0.39, 0.29) is 16.6 Å². The summed E-state index contributed by atoms with van der Waals surface area (Å²) in [5.41, 5.74) is 0.846. The Hall–Kier alpha value is -1.19. The highest BCUT2D eigenvalue weighted by Gasteiger charge is 2.66. The highest BCUT2D eigenvalue weighted by Crippen LogP contribution is 2.68. The molecule has 3 saturated heterocycles. The molecule has 0 spiro atoms. The van der Waals surface area contributed by atoms with E-state index in [2.05, 4.69) is 20.8 Å². The Morgan fingerprint density at radius 2 is 0.914 bits per heavy atom. The van der Waals surface area contributed by atoms with Gasteiger partial charge < -0.3 is 33.5 Å². The predicted molar refractivity (Wildman–Crippen MR) is 231 cm³/mol. The van der Waals surface area contributed by atoms with Gasteiger partial charge in [-0.15, -0.1) is 0 Å². The van der Waals surface area contributed by atoms with E-state index in [1.807, 2.05) is 0 Å². The van der Waals surface area contributed by atoms with Gasteiger partial charge in [0.2, 0.25) is 0 Å². The summed E-state index contributed by atoms with van der Waals surface area (Å²) in [5.74, 6) is 0.347. The molecule has 2 atom stereocenters. The van der Waals surface area contributed by atoms with E-state index in [0.29, 0.717) is 34.3 Å². The van der Waals surface area contributed by atoms with Gasteiger partial charge in [0, 0.05) is 41.3 Å². The van der Waals surface area contributed by atoms with E-state index >= 15 is 0 Å². The molecule has 0 amide bonds. The summed E-state index contributed by atoms with van der Waals surface area (Å²) in [5, 5.41) is 10.4. The average molecular weight is 815 g/mol.